The number of hydrogen-bond donors (Lipinski definition) is 1. The topological polar surface area (TPSA) is 52.9 Å². The molecule has 18 heavy (non-hydrogen) atoms. The number of nitrogens with zero attached hydrogens (tertiary/aromatic N) is 2. The van der Waals surface area contributed by atoms with E-state index in [1.165, 1.54) is 17.0 Å². The first-order chi connectivity index (χ1) is 8.56. The third-order valence-electron chi connectivity index (χ3n) is 3.28. The van der Waals surface area contributed by atoms with Crippen molar-refractivity contribution >= 4 is 11.7 Å². The lowest BCUT2D eigenvalue weighted by atomic mass is 9.88. The zero-order valence-electron chi connectivity index (χ0n) is 10.6. The summed E-state index contributed by atoms with van der Waals surface area (Å²) < 4.78 is 0. The Morgan fingerprint density at radius 3 is 3.00 bits per heavy atom. The first kappa shape index (κ1) is 12.6. The monoisotopic (exact) mass is 246 g/mol. The van der Waals surface area contributed by atoms with Crippen molar-refractivity contribution in [2.24, 2.45) is 11.0 Å². The molecule has 0 aromatic carbocycles. The van der Waals surface area contributed by atoms with Gasteiger partial charge in [-0.1, -0.05) is 19.6 Å². The Hall–Kier alpha value is -1.84. The van der Waals surface area contributed by atoms with Crippen LogP contribution >= 0.6 is 0 Å². The van der Waals surface area contributed by atoms with E-state index < -0.39 is 5.97 Å². The van der Waals surface area contributed by atoms with Gasteiger partial charge in [0.15, 0.2) is 0 Å². The number of hydrogen-bond acceptors (Lipinski definition) is 3. The number of carboxylic acid groups (broad SMARTS) is 1. The van der Waals surface area contributed by atoms with Crippen LogP contribution in [0.2, 0.25) is 0 Å². The Morgan fingerprint density at radius 1 is 1.61 bits per heavy atom. The summed E-state index contributed by atoms with van der Waals surface area (Å²) in [4.78, 5) is 10.7. The lowest BCUT2D eigenvalue weighted by Crippen LogP contribution is -2.27. The van der Waals surface area contributed by atoms with E-state index in [9.17, 15) is 4.79 Å². The van der Waals surface area contributed by atoms with Crippen LogP contribution in [0.25, 0.3) is 0 Å². The SMILES string of the molecule is C=C1C=CC(C2=CCC(C)CC2)=NN1CC(=O)O. The van der Waals surface area contributed by atoms with E-state index in [0.717, 1.165) is 24.5 Å². The van der Waals surface area contributed by atoms with E-state index >= 15 is 0 Å². The van der Waals surface area contributed by atoms with Gasteiger partial charge in [0.1, 0.15) is 6.54 Å². The van der Waals surface area contributed by atoms with E-state index in [1.807, 2.05) is 12.2 Å². The summed E-state index contributed by atoms with van der Waals surface area (Å²) in [6.07, 6.45) is 9.20. The zero-order chi connectivity index (χ0) is 13.1. The summed E-state index contributed by atoms with van der Waals surface area (Å²) in [6, 6.07) is 0. The second kappa shape index (κ2) is 5.21. The van der Waals surface area contributed by atoms with Gasteiger partial charge in [-0.2, -0.15) is 5.10 Å². The van der Waals surface area contributed by atoms with Gasteiger partial charge in [-0.3, -0.25) is 9.80 Å². The number of allylic oxidation sites excluding steroid dienone is 4. The van der Waals surface area contributed by atoms with Crippen LogP contribution in [0, 0.1) is 5.92 Å². The highest BCUT2D eigenvalue weighted by molar-refractivity contribution is 6.09. The molecule has 1 heterocycles. The van der Waals surface area contributed by atoms with Crippen molar-refractivity contribution in [3.8, 4) is 0 Å². The summed E-state index contributed by atoms with van der Waals surface area (Å²) in [6.45, 7) is 5.89. The molecule has 1 aliphatic heterocycles. The van der Waals surface area contributed by atoms with Crippen molar-refractivity contribution in [2.45, 2.75) is 26.2 Å². The number of hydrazone groups is 1. The zero-order valence-corrected chi connectivity index (χ0v) is 10.6. The maximum atomic E-state index is 10.7. The maximum absolute atomic E-state index is 10.7. The van der Waals surface area contributed by atoms with Crippen LogP contribution in [0.5, 0.6) is 0 Å². The summed E-state index contributed by atoms with van der Waals surface area (Å²) in [7, 11) is 0. The molecule has 0 spiro atoms. The van der Waals surface area contributed by atoms with Crippen LogP contribution in [0.1, 0.15) is 26.2 Å². The molecular weight excluding hydrogens is 228 g/mol. The van der Waals surface area contributed by atoms with Gasteiger partial charge in [0.25, 0.3) is 0 Å². The molecule has 1 atom stereocenters. The fraction of sp³-hybridized carbons (Fsp3) is 0.429. The molecule has 1 unspecified atom stereocenters. The Morgan fingerprint density at radius 2 is 2.39 bits per heavy atom. The van der Waals surface area contributed by atoms with E-state index in [1.54, 1.807) is 0 Å². The molecule has 4 heteroatoms. The van der Waals surface area contributed by atoms with Gasteiger partial charge in [0.2, 0.25) is 0 Å². The summed E-state index contributed by atoms with van der Waals surface area (Å²) in [5.74, 6) is -0.173. The minimum atomic E-state index is -0.902. The average molecular weight is 246 g/mol. The molecule has 1 N–H and O–H groups in total. The summed E-state index contributed by atoms with van der Waals surface area (Å²) in [5, 5.41) is 14.6. The molecule has 0 saturated heterocycles. The largest absolute Gasteiger partial charge is 0.480 e. The second-order valence-electron chi connectivity index (χ2n) is 4.87. The molecule has 0 aromatic heterocycles. The van der Waals surface area contributed by atoms with Crippen LogP contribution < -0.4 is 0 Å². The van der Waals surface area contributed by atoms with Crippen LogP contribution in [0.4, 0.5) is 0 Å². The highest BCUT2D eigenvalue weighted by Gasteiger charge is 2.18. The van der Waals surface area contributed by atoms with Crippen LogP contribution in [0.3, 0.4) is 0 Å². The minimum absolute atomic E-state index is 0.143. The van der Waals surface area contributed by atoms with Crippen LogP contribution in [-0.2, 0) is 4.79 Å². The number of rotatable bonds is 3. The van der Waals surface area contributed by atoms with E-state index in [4.69, 9.17) is 5.11 Å². The van der Waals surface area contributed by atoms with Crippen LogP contribution in [-0.4, -0.2) is 28.3 Å². The third kappa shape index (κ3) is 2.88. The second-order valence-corrected chi connectivity index (χ2v) is 4.87. The van der Waals surface area contributed by atoms with Gasteiger partial charge in [0, 0.05) is 0 Å². The summed E-state index contributed by atoms with van der Waals surface area (Å²) >= 11 is 0. The number of carbonyl (C=O) groups is 1. The Bertz CT molecular complexity index is 460. The van der Waals surface area contributed by atoms with Crippen molar-refractivity contribution < 1.29 is 9.90 Å². The smallest absolute Gasteiger partial charge is 0.325 e. The molecule has 2 aliphatic rings. The maximum Gasteiger partial charge on any atom is 0.325 e. The highest BCUT2D eigenvalue weighted by Crippen LogP contribution is 2.26. The van der Waals surface area contributed by atoms with E-state index in [-0.39, 0.29) is 6.54 Å². The van der Waals surface area contributed by atoms with Crippen molar-refractivity contribution in [1.29, 1.82) is 0 Å². The molecule has 96 valence electrons. The lowest BCUT2D eigenvalue weighted by molar-refractivity contribution is -0.137. The van der Waals surface area contributed by atoms with E-state index in [2.05, 4.69) is 24.7 Å². The molecule has 0 bridgehead atoms. The fourth-order valence-electron chi connectivity index (χ4n) is 2.12. The molecule has 0 fully saturated rings. The third-order valence-corrected chi connectivity index (χ3v) is 3.28. The predicted octanol–water partition coefficient (Wildman–Crippen LogP) is 2.56. The van der Waals surface area contributed by atoms with Crippen LogP contribution in [0.15, 0.2) is 41.2 Å². The molecular formula is C14H18N2O2. The standard InChI is InChI=1S/C14H18N2O2/c1-10-3-6-12(7-4-10)13-8-5-11(2)16(15-13)9-14(17)18/h5-6,8,10H,2-4,7,9H2,1H3,(H,17,18). The quantitative estimate of drug-likeness (QED) is 0.832. The molecule has 0 aromatic rings. The van der Waals surface area contributed by atoms with Gasteiger partial charge < -0.3 is 5.11 Å². The highest BCUT2D eigenvalue weighted by atomic mass is 16.4. The lowest BCUT2D eigenvalue weighted by Gasteiger charge is -2.25. The van der Waals surface area contributed by atoms with Crippen molar-refractivity contribution in [3.05, 3.63) is 36.1 Å². The fourth-order valence-corrected chi connectivity index (χ4v) is 2.12. The van der Waals surface area contributed by atoms with Gasteiger partial charge in [0.05, 0.1) is 11.4 Å². The first-order valence-corrected chi connectivity index (χ1v) is 6.20. The molecule has 2 rings (SSSR count). The van der Waals surface area contributed by atoms with E-state index in [0.29, 0.717) is 5.70 Å². The Kier molecular flexibility index (Phi) is 3.65. The normalized spacial score (nSPS) is 23.7. The molecule has 0 radical (unpaired) electrons. The van der Waals surface area contributed by atoms with Crippen molar-refractivity contribution in [2.75, 3.05) is 6.54 Å². The van der Waals surface area contributed by atoms with Gasteiger partial charge >= 0.3 is 5.97 Å². The molecule has 0 amide bonds. The molecule has 4 nitrogen and oxygen atoms in total. The number of aliphatic carboxylic acids is 1. The first-order valence-electron chi connectivity index (χ1n) is 6.20. The predicted molar refractivity (Wildman–Crippen MR) is 71.2 cm³/mol. The molecule has 1 aliphatic carbocycles. The van der Waals surface area contributed by atoms with Gasteiger partial charge in [-0.05, 0) is 42.9 Å². The van der Waals surface area contributed by atoms with Crippen molar-refractivity contribution in [1.82, 2.24) is 5.01 Å². The molecule has 0 saturated carbocycles. The minimum Gasteiger partial charge on any atom is -0.480 e. The Balaban J connectivity index is 2.15. The summed E-state index contributed by atoms with van der Waals surface area (Å²) in [5.41, 5.74) is 2.70. The van der Waals surface area contributed by atoms with Gasteiger partial charge in [-0.15, -0.1) is 0 Å². The van der Waals surface area contributed by atoms with Crippen molar-refractivity contribution in [3.63, 3.8) is 0 Å². The average Bonchev–Trinajstić information content (AvgIpc) is 2.32. The Labute approximate surface area is 107 Å². The van der Waals surface area contributed by atoms with Gasteiger partial charge in [-0.25, -0.2) is 0 Å². The number of carboxylic acids is 1.